The summed E-state index contributed by atoms with van der Waals surface area (Å²) in [5.74, 6) is -1.04. The Morgan fingerprint density at radius 2 is 2.00 bits per heavy atom. The molecule has 120 valence electrons. The first kappa shape index (κ1) is 16.6. The number of nitrogens with zero attached hydrogens (tertiary/aromatic N) is 2. The van der Waals surface area contributed by atoms with Crippen LogP contribution in [0.5, 0.6) is 0 Å². The van der Waals surface area contributed by atoms with Crippen molar-refractivity contribution in [2.75, 3.05) is 6.61 Å². The van der Waals surface area contributed by atoms with E-state index in [4.69, 9.17) is 4.74 Å². The summed E-state index contributed by atoms with van der Waals surface area (Å²) in [4.78, 5) is 31.2. The van der Waals surface area contributed by atoms with Gasteiger partial charge in [-0.15, -0.1) is 0 Å². The van der Waals surface area contributed by atoms with Gasteiger partial charge in [0.05, 0.1) is 12.2 Å². The highest BCUT2D eigenvalue weighted by molar-refractivity contribution is 5.89. The SMILES string of the molecule is Cc1ccc([C@H](C)NC(=O)COC(=O)c2cnccn2)cc1C. The zero-order valence-electron chi connectivity index (χ0n) is 13.4. The fraction of sp³-hybridized carbons (Fsp3) is 0.294. The summed E-state index contributed by atoms with van der Waals surface area (Å²) in [6.07, 6.45) is 4.13. The topological polar surface area (TPSA) is 81.2 Å². The van der Waals surface area contributed by atoms with Gasteiger partial charge in [-0.3, -0.25) is 9.78 Å². The van der Waals surface area contributed by atoms with Crippen LogP contribution in [0.4, 0.5) is 0 Å². The van der Waals surface area contributed by atoms with Crippen LogP contribution in [0.25, 0.3) is 0 Å². The lowest BCUT2D eigenvalue weighted by Crippen LogP contribution is -2.31. The third-order valence-electron chi connectivity index (χ3n) is 3.52. The summed E-state index contributed by atoms with van der Waals surface area (Å²) in [6, 6.07) is 5.85. The van der Waals surface area contributed by atoms with Crippen molar-refractivity contribution < 1.29 is 14.3 Å². The van der Waals surface area contributed by atoms with Crippen molar-refractivity contribution in [1.29, 1.82) is 0 Å². The first-order valence-electron chi connectivity index (χ1n) is 7.27. The quantitative estimate of drug-likeness (QED) is 0.855. The number of hydrogen-bond donors (Lipinski definition) is 1. The fourth-order valence-electron chi connectivity index (χ4n) is 2.01. The van der Waals surface area contributed by atoms with E-state index in [9.17, 15) is 9.59 Å². The van der Waals surface area contributed by atoms with Gasteiger partial charge in [0.15, 0.2) is 12.3 Å². The van der Waals surface area contributed by atoms with Crippen molar-refractivity contribution >= 4 is 11.9 Å². The molecule has 1 amide bonds. The molecule has 1 aromatic heterocycles. The second-order valence-electron chi connectivity index (χ2n) is 5.30. The number of esters is 1. The molecule has 6 heteroatoms. The van der Waals surface area contributed by atoms with Crippen LogP contribution in [0, 0.1) is 13.8 Å². The molecule has 1 aromatic carbocycles. The van der Waals surface area contributed by atoms with Gasteiger partial charge >= 0.3 is 5.97 Å². The normalized spacial score (nSPS) is 11.6. The minimum absolute atomic E-state index is 0.0718. The summed E-state index contributed by atoms with van der Waals surface area (Å²) in [5, 5.41) is 2.80. The molecular weight excluding hydrogens is 294 g/mol. The highest BCUT2D eigenvalue weighted by atomic mass is 16.5. The summed E-state index contributed by atoms with van der Waals surface area (Å²) in [7, 11) is 0. The van der Waals surface area contributed by atoms with Crippen LogP contribution in [0.15, 0.2) is 36.8 Å². The van der Waals surface area contributed by atoms with Crippen molar-refractivity contribution in [3.8, 4) is 0 Å². The second-order valence-corrected chi connectivity index (χ2v) is 5.30. The maximum absolute atomic E-state index is 11.9. The minimum atomic E-state index is -0.674. The number of rotatable bonds is 5. The van der Waals surface area contributed by atoms with E-state index in [0.717, 1.165) is 11.1 Å². The van der Waals surface area contributed by atoms with Crippen LogP contribution in [0.1, 0.15) is 40.1 Å². The van der Waals surface area contributed by atoms with E-state index in [2.05, 4.69) is 15.3 Å². The van der Waals surface area contributed by atoms with Gasteiger partial charge in [-0.1, -0.05) is 18.2 Å². The Morgan fingerprint density at radius 3 is 2.65 bits per heavy atom. The Bertz CT molecular complexity index is 701. The number of carbonyl (C=O) groups excluding carboxylic acids is 2. The molecule has 0 spiro atoms. The second kappa shape index (κ2) is 7.49. The van der Waals surface area contributed by atoms with E-state index in [1.165, 1.54) is 24.2 Å². The molecule has 0 bridgehead atoms. The monoisotopic (exact) mass is 313 g/mol. The summed E-state index contributed by atoms with van der Waals surface area (Å²) < 4.78 is 4.92. The van der Waals surface area contributed by atoms with E-state index in [0.29, 0.717) is 0 Å². The van der Waals surface area contributed by atoms with E-state index in [1.54, 1.807) is 0 Å². The van der Waals surface area contributed by atoms with Crippen molar-refractivity contribution in [2.45, 2.75) is 26.8 Å². The molecule has 23 heavy (non-hydrogen) atoms. The number of carbonyl (C=O) groups is 2. The highest BCUT2D eigenvalue weighted by Crippen LogP contribution is 2.16. The van der Waals surface area contributed by atoms with Crippen molar-refractivity contribution in [3.63, 3.8) is 0 Å². The maximum atomic E-state index is 11.9. The minimum Gasteiger partial charge on any atom is -0.451 e. The summed E-state index contributed by atoms with van der Waals surface area (Å²) >= 11 is 0. The average Bonchev–Trinajstić information content (AvgIpc) is 2.55. The van der Waals surface area contributed by atoms with Gasteiger partial charge < -0.3 is 10.1 Å². The Labute approximate surface area is 134 Å². The molecule has 2 rings (SSSR count). The van der Waals surface area contributed by atoms with Crippen LogP contribution in [0.2, 0.25) is 0 Å². The van der Waals surface area contributed by atoms with Crippen LogP contribution in [-0.4, -0.2) is 28.5 Å². The van der Waals surface area contributed by atoms with E-state index >= 15 is 0 Å². The Balaban J connectivity index is 1.87. The smallest absolute Gasteiger partial charge is 0.359 e. The number of hydrogen-bond acceptors (Lipinski definition) is 5. The van der Waals surface area contributed by atoms with Gasteiger partial charge in [0, 0.05) is 12.4 Å². The third kappa shape index (κ3) is 4.60. The van der Waals surface area contributed by atoms with Crippen molar-refractivity contribution in [3.05, 3.63) is 59.2 Å². The van der Waals surface area contributed by atoms with Gasteiger partial charge in [-0.05, 0) is 37.5 Å². The van der Waals surface area contributed by atoms with E-state index < -0.39 is 5.97 Å². The first-order valence-corrected chi connectivity index (χ1v) is 7.27. The number of aryl methyl sites for hydroxylation is 2. The zero-order valence-corrected chi connectivity index (χ0v) is 13.4. The lowest BCUT2D eigenvalue weighted by atomic mass is 10.0. The Kier molecular flexibility index (Phi) is 5.41. The molecule has 0 radical (unpaired) electrons. The van der Waals surface area contributed by atoms with Gasteiger partial charge in [-0.25, -0.2) is 9.78 Å². The van der Waals surface area contributed by atoms with Crippen LogP contribution in [0.3, 0.4) is 0 Å². The lowest BCUT2D eigenvalue weighted by Gasteiger charge is -2.15. The number of aromatic nitrogens is 2. The standard InChI is InChI=1S/C17H19N3O3/c1-11-4-5-14(8-12(11)2)13(3)20-16(21)10-23-17(22)15-9-18-6-7-19-15/h4-9,13H,10H2,1-3H3,(H,20,21)/t13-/m0/s1. The van der Waals surface area contributed by atoms with Gasteiger partial charge in [0.25, 0.3) is 5.91 Å². The number of amides is 1. The molecule has 0 aliphatic heterocycles. The van der Waals surface area contributed by atoms with Crippen LogP contribution >= 0.6 is 0 Å². The molecule has 0 unspecified atom stereocenters. The number of benzene rings is 1. The van der Waals surface area contributed by atoms with Gasteiger partial charge in [0.2, 0.25) is 0 Å². The number of ether oxygens (including phenoxy) is 1. The molecule has 0 fully saturated rings. The molecule has 1 atom stereocenters. The van der Waals surface area contributed by atoms with E-state index in [1.807, 2.05) is 39.0 Å². The van der Waals surface area contributed by atoms with Crippen LogP contribution in [-0.2, 0) is 9.53 Å². The molecular formula is C17H19N3O3. The molecule has 2 aromatic rings. The molecule has 0 saturated heterocycles. The van der Waals surface area contributed by atoms with Crippen LogP contribution < -0.4 is 5.32 Å². The zero-order chi connectivity index (χ0) is 16.8. The Hall–Kier alpha value is -2.76. The molecule has 0 aliphatic carbocycles. The molecule has 6 nitrogen and oxygen atoms in total. The molecule has 0 aliphatic rings. The number of nitrogens with one attached hydrogen (secondary N) is 1. The predicted molar refractivity (Wildman–Crippen MR) is 84.8 cm³/mol. The van der Waals surface area contributed by atoms with Crippen molar-refractivity contribution in [2.24, 2.45) is 0 Å². The Morgan fingerprint density at radius 1 is 1.22 bits per heavy atom. The maximum Gasteiger partial charge on any atom is 0.359 e. The predicted octanol–water partition coefficient (Wildman–Crippen LogP) is 2.13. The molecule has 1 N–H and O–H groups in total. The first-order chi connectivity index (χ1) is 11.0. The third-order valence-corrected chi connectivity index (χ3v) is 3.52. The fourth-order valence-corrected chi connectivity index (χ4v) is 2.01. The average molecular weight is 313 g/mol. The summed E-state index contributed by atoms with van der Waals surface area (Å²) in [5.41, 5.74) is 3.44. The molecule has 1 heterocycles. The van der Waals surface area contributed by atoms with E-state index in [-0.39, 0.29) is 24.2 Å². The van der Waals surface area contributed by atoms with Gasteiger partial charge in [0.1, 0.15) is 0 Å². The highest BCUT2D eigenvalue weighted by Gasteiger charge is 2.14. The van der Waals surface area contributed by atoms with Crippen molar-refractivity contribution in [1.82, 2.24) is 15.3 Å². The molecule has 0 saturated carbocycles. The summed E-state index contributed by atoms with van der Waals surface area (Å²) in [6.45, 7) is 5.58. The lowest BCUT2D eigenvalue weighted by molar-refractivity contribution is -0.124. The largest absolute Gasteiger partial charge is 0.451 e. The van der Waals surface area contributed by atoms with Gasteiger partial charge in [-0.2, -0.15) is 0 Å².